The van der Waals surface area contributed by atoms with Gasteiger partial charge >= 0.3 is 0 Å². The van der Waals surface area contributed by atoms with E-state index in [1.807, 2.05) is 27.5 Å². The summed E-state index contributed by atoms with van der Waals surface area (Å²) in [6, 6.07) is 8.14. The number of rotatable bonds is 2. The van der Waals surface area contributed by atoms with Gasteiger partial charge in [0, 0.05) is 5.39 Å². The molecular weight excluding hydrogens is 190 g/mol. The summed E-state index contributed by atoms with van der Waals surface area (Å²) in [4.78, 5) is 4.11. The number of hydrogen-bond donors (Lipinski definition) is 1. The molecule has 3 rings (SSSR count). The highest BCUT2D eigenvalue weighted by Crippen LogP contribution is 2.21. The first-order valence-electron chi connectivity index (χ1n) is 4.92. The number of fused-ring (bicyclic) bond motifs is 3. The minimum atomic E-state index is 0.131. The third-order valence-electron chi connectivity index (χ3n) is 2.65. The summed E-state index contributed by atoms with van der Waals surface area (Å²) in [5.74, 6) is 0. The molecule has 3 aromatic rings. The van der Waals surface area contributed by atoms with Crippen molar-refractivity contribution < 1.29 is 5.11 Å². The number of aliphatic hydroxyl groups is 1. The first kappa shape index (κ1) is 8.49. The lowest BCUT2D eigenvalue weighted by Gasteiger charge is -2.03. The molecule has 0 aliphatic heterocycles. The monoisotopic (exact) mass is 201 g/mol. The van der Waals surface area contributed by atoms with E-state index in [2.05, 4.69) is 17.1 Å². The molecule has 2 aromatic heterocycles. The highest BCUT2D eigenvalue weighted by atomic mass is 16.3. The molecule has 0 atom stereocenters. The summed E-state index contributed by atoms with van der Waals surface area (Å²) in [5.41, 5.74) is 2.21. The van der Waals surface area contributed by atoms with E-state index < -0.39 is 0 Å². The van der Waals surface area contributed by atoms with Crippen LogP contribution < -0.4 is 0 Å². The van der Waals surface area contributed by atoms with E-state index in [0.29, 0.717) is 6.54 Å². The molecule has 4 nitrogen and oxygen atoms in total. The zero-order valence-corrected chi connectivity index (χ0v) is 8.17. The fraction of sp³-hybridized carbons (Fsp3) is 0.182. The van der Waals surface area contributed by atoms with E-state index in [1.165, 1.54) is 5.39 Å². The minimum Gasteiger partial charge on any atom is -0.394 e. The van der Waals surface area contributed by atoms with Crippen molar-refractivity contribution in [3.05, 3.63) is 36.8 Å². The molecule has 76 valence electrons. The van der Waals surface area contributed by atoms with Crippen LogP contribution in [0, 0.1) is 0 Å². The van der Waals surface area contributed by atoms with E-state index in [1.54, 1.807) is 6.33 Å². The van der Waals surface area contributed by atoms with Crippen LogP contribution >= 0.6 is 0 Å². The van der Waals surface area contributed by atoms with Gasteiger partial charge in [-0.25, -0.2) is 9.50 Å². The molecular formula is C11H11N3O. The largest absolute Gasteiger partial charge is 0.394 e. The Labute approximate surface area is 86.4 Å². The number of para-hydroxylation sites is 1. The van der Waals surface area contributed by atoms with E-state index in [4.69, 9.17) is 5.11 Å². The van der Waals surface area contributed by atoms with Crippen LogP contribution in [0.5, 0.6) is 0 Å². The van der Waals surface area contributed by atoms with E-state index in [-0.39, 0.29) is 6.61 Å². The molecule has 15 heavy (non-hydrogen) atoms. The van der Waals surface area contributed by atoms with Crippen LogP contribution in [-0.4, -0.2) is 25.9 Å². The number of hydrogen-bond acceptors (Lipinski definition) is 2. The SMILES string of the molecule is OCCn1c2ccccc2c2cncn21. The van der Waals surface area contributed by atoms with Crippen LogP contribution in [-0.2, 0) is 6.54 Å². The third-order valence-corrected chi connectivity index (χ3v) is 2.65. The predicted molar refractivity (Wildman–Crippen MR) is 57.8 cm³/mol. The third kappa shape index (κ3) is 1.08. The summed E-state index contributed by atoms with van der Waals surface area (Å²) < 4.78 is 4.00. The van der Waals surface area contributed by atoms with Crippen LogP contribution in [0.2, 0.25) is 0 Å². The first-order valence-corrected chi connectivity index (χ1v) is 4.92. The Bertz CT molecular complexity index is 608. The first-order chi connectivity index (χ1) is 7.42. The average Bonchev–Trinajstić information content (AvgIpc) is 2.82. The maximum atomic E-state index is 9.04. The highest BCUT2D eigenvalue weighted by Gasteiger charge is 2.08. The highest BCUT2D eigenvalue weighted by molar-refractivity contribution is 5.94. The van der Waals surface area contributed by atoms with Gasteiger partial charge in [-0.1, -0.05) is 18.2 Å². The normalized spacial score (nSPS) is 11.5. The lowest BCUT2D eigenvalue weighted by Crippen LogP contribution is -2.07. The molecule has 0 aliphatic rings. The Morgan fingerprint density at radius 3 is 2.93 bits per heavy atom. The summed E-state index contributed by atoms with van der Waals surface area (Å²) in [5, 5.41) is 10.2. The minimum absolute atomic E-state index is 0.131. The maximum absolute atomic E-state index is 9.04. The molecule has 2 heterocycles. The molecule has 0 bridgehead atoms. The number of imidazole rings is 1. The second kappa shape index (κ2) is 3.10. The van der Waals surface area contributed by atoms with E-state index >= 15 is 0 Å². The van der Waals surface area contributed by atoms with E-state index in [9.17, 15) is 0 Å². The van der Waals surface area contributed by atoms with Gasteiger partial charge in [0.1, 0.15) is 6.33 Å². The van der Waals surface area contributed by atoms with Crippen molar-refractivity contribution in [2.24, 2.45) is 0 Å². The Morgan fingerprint density at radius 2 is 2.07 bits per heavy atom. The van der Waals surface area contributed by atoms with Gasteiger partial charge in [-0.05, 0) is 6.07 Å². The topological polar surface area (TPSA) is 42.5 Å². The van der Waals surface area contributed by atoms with Gasteiger partial charge in [0.15, 0.2) is 0 Å². The molecule has 0 spiro atoms. The van der Waals surface area contributed by atoms with Gasteiger partial charge in [-0.15, -0.1) is 0 Å². The van der Waals surface area contributed by atoms with Crippen molar-refractivity contribution in [2.75, 3.05) is 6.61 Å². The zero-order valence-electron chi connectivity index (χ0n) is 8.17. The number of aliphatic hydroxyl groups excluding tert-OH is 1. The summed E-state index contributed by atoms with van der Waals surface area (Å²) in [6.45, 7) is 0.715. The smallest absolute Gasteiger partial charge is 0.115 e. The van der Waals surface area contributed by atoms with Crippen molar-refractivity contribution >= 4 is 16.4 Å². The zero-order chi connectivity index (χ0) is 10.3. The van der Waals surface area contributed by atoms with Crippen molar-refractivity contribution in [3.8, 4) is 0 Å². The fourth-order valence-corrected chi connectivity index (χ4v) is 2.03. The van der Waals surface area contributed by atoms with Crippen LogP contribution in [0.1, 0.15) is 0 Å². The second-order valence-corrected chi connectivity index (χ2v) is 3.49. The fourth-order valence-electron chi connectivity index (χ4n) is 2.03. The van der Waals surface area contributed by atoms with Gasteiger partial charge in [-0.3, -0.25) is 4.68 Å². The second-order valence-electron chi connectivity index (χ2n) is 3.49. The van der Waals surface area contributed by atoms with Crippen LogP contribution in [0.25, 0.3) is 16.4 Å². The van der Waals surface area contributed by atoms with Gasteiger partial charge in [0.25, 0.3) is 0 Å². The number of nitrogens with zero attached hydrogens (tertiary/aromatic N) is 3. The molecule has 0 saturated heterocycles. The quantitative estimate of drug-likeness (QED) is 0.678. The number of benzene rings is 1. The predicted octanol–water partition coefficient (Wildman–Crippen LogP) is 1.28. The van der Waals surface area contributed by atoms with Crippen LogP contribution in [0.3, 0.4) is 0 Å². The van der Waals surface area contributed by atoms with Crippen molar-refractivity contribution in [1.82, 2.24) is 14.2 Å². The van der Waals surface area contributed by atoms with Gasteiger partial charge in [0.2, 0.25) is 0 Å². The summed E-state index contributed by atoms with van der Waals surface area (Å²) in [7, 11) is 0. The average molecular weight is 201 g/mol. The Kier molecular flexibility index (Phi) is 1.76. The summed E-state index contributed by atoms with van der Waals surface area (Å²) in [6.07, 6.45) is 3.61. The Hall–Kier alpha value is -1.81. The number of aromatic nitrogens is 3. The van der Waals surface area contributed by atoms with Gasteiger partial charge in [-0.2, -0.15) is 0 Å². The Balaban J connectivity index is 2.47. The lowest BCUT2D eigenvalue weighted by atomic mass is 10.2. The molecule has 0 radical (unpaired) electrons. The molecule has 0 fully saturated rings. The molecule has 0 saturated carbocycles. The van der Waals surface area contributed by atoms with Crippen molar-refractivity contribution in [3.63, 3.8) is 0 Å². The molecule has 1 aromatic carbocycles. The van der Waals surface area contributed by atoms with E-state index in [0.717, 1.165) is 11.0 Å². The van der Waals surface area contributed by atoms with Gasteiger partial charge < -0.3 is 5.11 Å². The standard InChI is InChI=1S/C11H11N3O/c15-6-5-13-10-4-2-1-3-9(10)11-7-12-8-14(11)13/h1-4,7-8,15H,5-6H2. The molecule has 0 aliphatic carbocycles. The molecule has 0 amide bonds. The molecule has 1 N–H and O–H groups in total. The van der Waals surface area contributed by atoms with Gasteiger partial charge in [0.05, 0.1) is 30.4 Å². The van der Waals surface area contributed by atoms with Crippen molar-refractivity contribution in [2.45, 2.75) is 6.54 Å². The van der Waals surface area contributed by atoms with Crippen molar-refractivity contribution in [1.29, 1.82) is 0 Å². The molecule has 0 unspecified atom stereocenters. The Morgan fingerprint density at radius 1 is 1.20 bits per heavy atom. The lowest BCUT2D eigenvalue weighted by molar-refractivity contribution is 0.269. The maximum Gasteiger partial charge on any atom is 0.115 e. The van der Waals surface area contributed by atoms with Crippen LogP contribution in [0.4, 0.5) is 0 Å². The summed E-state index contributed by atoms with van der Waals surface area (Å²) >= 11 is 0. The molecule has 4 heteroatoms. The van der Waals surface area contributed by atoms with Crippen LogP contribution in [0.15, 0.2) is 36.8 Å².